The van der Waals surface area contributed by atoms with Gasteiger partial charge in [0.1, 0.15) is 0 Å². The number of aryl methyl sites for hydroxylation is 1. The lowest BCUT2D eigenvalue weighted by atomic mass is 10.1. The van der Waals surface area contributed by atoms with Crippen LogP contribution < -0.4 is 4.90 Å². The Morgan fingerprint density at radius 2 is 1.96 bits per heavy atom. The second-order valence-electron chi connectivity index (χ2n) is 7.21. The molecule has 1 amide bonds. The maximum atomic E-state index is 12.7. The lowest BCUT2D eigenvalue weighted by molar-refractivity contribution is -0.134. The number of aromatic nitrogens is 1. The maximum Gasteiger partial charge on any atom is 0.237 e. The Balaban J connectivity index is 1.53. The zero-order valence-electron chi connectivity index (χ0n) is 15.9. The molecule has 1 fully saturated rings. The number of hydrogen-bond acceptors (Lipinski definition) is 4. The number of carbonyl (C=O) groups is 1. The van der Waals surface area contributed by atoms with Gasteiger partial charge in [-0.3, -0.25) is 14.7 Å². The van der Waals surface area contributed by atoms with Crippen molar-refractivity contribution in [2.45, 2.75) is 26.4 Å². The average molecular weight is 352 g/mol. The van der Waals surface area contributed by atoms with Gasteiger partial charge in [0.15, 0.2) is 0 Å². The van der Waals surface area contributed by atoms with E-state index in [2.05, 4.69) is 48.0 Å². The van der Waals surface area contributed by atoms with Crippen LogP contribution in [0, 0.1) is 6.92 Å². The van der Waals surface area contributed by atoms with Gasteiger partial charge in [-0.2, -0.15) is 0 Å². The van der Waals surface area contributed by atoms with Crippen LogP contribution in [0.5, 0.6) is 0 Å². The Morgan fingerprint density at radius 1 is 1.19 bits per heavy atom. The van der Waals surface area contributed by atoms with Crippen LogP contribution in [0.25, 0.3) is 0 Å². The minimum atomic E-state index is 0.194. The van der Waals surface area contributed by atoms with Gasteiger partial charge in [-0.15, -0.1) is 0 Å². The number of anilines is 1. The lowest BCUT2D eigenvalue weighted by Crippen LogP contribution is -2.55. The number of hydrogen-bond donors (Lipinski definition) is 0. The van der Waals surface area contributed by atoms with E-state index in [1.165, 1.54) is 11.3 Å². The summed E-state index contributed by atoms with van der Waals surface area (Å²) in [6.45, 7) is 7.87. The number of piperazine rings is 1. The van der Waals surface area contributed by atoms with E-state index in [1.54, 1.807) is 6.20 Å². The van der Waals surface area contributed by atoms with Crippen LogP contribution in [0.15, 0.2) is 48.7 Å². The van der Waals surface area contributed by atoms with Crippen LogP contribution in [0.4, 0.5) is 5.69 Å². The molecule has 0 radical (unpaired) electrons. The molecule has 1 aliphatic heterocycles. The van der Waals surface area contributed by atoms with Gasteiger partial charge in [-0.05, 0) is 45.2 Å². The van der Waals surface area contributed by atoms with Gasteiger partial charge in [0, 0.05) is 44.1 Å². The van der Waals surface area contributed by atoms with Gasteiger partial charge in [0.05, 0.1) is 12.2 Å². The van der Waals surface area contributed by atoms with Gasteiger partial charge in [0.2, 0.25) is 5.91 Å². The van der Waals surface area contributed by atoms with E-state index in [0.29, 0.717) is 13.1 Å². The molecule has 5 heteroatoms. The highest BCUT2D eigenvalue weighted by molar-refractivity contribution is 5.79. The van der Waals surface area contributed by atoms with E-state index in [0.717, 1.165) is 25.3 Å². The van der Waals surface area contributed by atoms with Crippen molar-refractivity contribution in [3.8, 4) is 0 Å². The predicted octanol–water partition coefficient (Wildman–Crippen LogP) is 2.56. The summed E-state index contributed by atoms with van der Waals surface area (Å²) in [6, 6.07) is 14.7. The lowest BCUT2D eigenvalue weighted by Gasteiger charge is -2.41. The zero-order valence-corrected chi connectivity index (χ0v) is 15.9. The van der Waals surface area contributed by atoms with Gasteiger partial charge >= 0.3 is 0 Å². The molecular weight excluding hydrogens is 324 g/mol. The van der Waals surface area contributed by atoms with Gasteiger partial charge in [-0.1, -0.05) is 23.8 Å². The van der Waals surface area contributed by atoms with Crippen LogP contribution in [0.3, 0.4) is 0 Å². The third-order valence-electron chi connectivity index (χ3n) is 4.91. The van der Waals surface area contributed by atoms with Crippen molar-refractivity contribution in [2.75, 3.05) is 38.1 Å². The fraction of sp³-hybridized carbons (Fsp3) is 0.429. The molecule has 138 valence electrons. The quantitative estimate of drug-likeness (QED) is 0.829. The molecule has 1 atom stereocenters. The summed E-state index contributed by atoms with van der Waals surface area (Å²) in [5.41, 5.74) is 3.49. The molecular formula is C21H28N4O. The molecule has 26 heavy (non-hydrogen) atoms. The first-order chi connectivity index (χ1) is 12.5. The van der Waals surface area contributed by atoms with E-state index in [9.17, 15) is 4.79 Å². The molecule has 1 aromatic carbocycles. The fourth-order valence-corrected chi connectivity index (χ4v) is 3.46. The number of rotatable bonds is 5. The van der Waals surface area contributed by atoms with Crippen molar-refractivity contribution in [1.82, 2.24) is 14.8 Å². The maximum absolute atomic E-state index is 12.7. The summed E-state index contributed by atoms with van der Waals surface area (Å²) < 4.78 is 0. The van der Waals surface area contributed by atoms with Crippen LogP contribution in [-0.2, 0) is 11.3 Å². The number of amides is 1. The van der Waals surface area contributed by atoms with E-state index >= 15 is 0 Å². The summed E-state index contributed by atoms with van der Waals surface area (Å²) in [5.74, 6) is 0.194. The molecule has 1 saturated heterocycles. The largest absolute Gasteiger partial charge is 0.368 e. The highest BCUT2D eigenvalue weighted by Crippen LogP contribution is 2.20. The topological polar surface area (TPSA) is 39.7 Å². The van der Waals surface area contributed by atoms with Gasteiger partial charge in [0.25, 0.3) is 0 Å². The molecule has 0 spiro atoms. The van der Waals surface area contributed by atoms with Crippen molar-refractivity contribution in [2.24, 2.45) is 0 Å². The molecule has 0 unspecified atom stereocenters. The average Bonchev–Trinajstić information content (AvgIpc) is 2.63. The number of carbonyl (C=O) groups excluding carboxylic acids is 1. The number of benzene rings is 1. The minimum absolute atomic E-state index is 0.194. The van der Waals surface area contributed by atoms with Crippen molar-refractivity contribution in [3.05, 3.63) is 59.9 Å². The summed E-state index contributed by atoms with van der Waals surface area (Å²) in [4.78, 5) is 23.5. The highest BCUT2D eigenvalue weighted by Gasteiger charge is 2.27. The molecule has 1 aromatic heterocycles. The monoisotopic (exact) mass is 352 g/mol. The first-order valence-corrected chi connectivity index (χ1v) is 9.22. The minimum Gasteiger partial charge on any atom is -0.368 e. The normalized spacial score (nSPS) is 17.6. The first kappa shape index (κ1) is 18.4. The molecule has 2 heterocycles. The first-order valence-electron chi connectivity index (χ1n) is 9.22. The van der Waals surface area contributed by atoms with Crippen LogP contribution >= 0.6 is 0 Å². The SMILES string of the molecule is Cc1ccc(N2CCN(C(=O)CN(C)Cc3ccccn3)[C@H](C)C2)cc1. The van der Waals surface area contributed by atoms with E-state index in [4.69, 9.17) is 0 Å². The second kappa shape index (κ2) is 8.32. The Labute approximate surface area is 156 Å². The van der Waals surface area contributed by atoms with Gasteiger partial charge < -0.3 is 9.80 Å². The molecule has 5 nitrogen and oxygen atoms in total. The van der Waals surface area contributed by atoms with Crippen LogP contribution in [0.2, 0.25) is 0 Å². The highest BCUT2D eigenvalue weighted by atomic mass is 16.2. The number of likely N-dealkylation sites (N-methyl/N-ethyl adjacent to an activating group) is 1. The zero-order chi connectivity index (χ0) is 18.5. The van der Waals surface area contributed by atoms with Crippen molar-refractivity contribution < 1.29 is 4.79 Å². The molecule has 2 aromatic rings. The summed E-state index contributed by atoms with van der Waals surface area (Å²) in [6.07, 6.45) is 1.79. The van der Waals surface area contributed by atoms with Crippen molar-refractivity contribution in [3.63, 3.8) is 0 Å². The van der Waals surface area contributed by atoms with E-state index < -0.39 is 0 Å². The van der Waals surface area contributed by atoms with E-state index in [-0.39, 0.29) is 11.9 Å². The van der Waals surface area contributed by atoms with Crippen LogP contribution in [0.1, 0.15) is 18.2 Å². The number of pyridine rings is 1. The Kier molecular flexibility index (Phi) is 5.89. The third-order valence-corrected chi connectivity index (χ3v) is 4.91. The fourth-order valence-electron chi connectivity index (χ4n) is 3.46. The smallest absolute Gasteiger partial charge is 0.237 e. The summed E-state index contributed by atoms with van der Waals surface area (Å²) >= 11 is 0. The molecule has 0 aliphatic carbocycles. The third kappa shape index (κ3) is 4.61. The van der Waals surface area contributed by atoms with Crippen molar-refractivity contribution >= 4 is 11.6 Å². The Bertz CT molecular complexity index is 717. The number of nitrogens with zero attached hydrogens (tertiary/aromatic N) is 4. The van der Waals surface area contributed by atoms with Crippen molar-refractivity contribution in [1.29, 1.82) is 0 Å². The predicted molar refractivity (Wildman–Crippen MR) is 105 cm³/mol. The Hall–Kier alpha value is -2.40. The molecule has 0 bridgehead atoms. The molecule has 3 rings (SSSR count). The molecule has 0 saturated carbocycles. The standard InChI is InChI=1S/C21H28N4O/c1-17-7-9-20(10-8-17)24-12-13-25(18(2)14-24)21(26)16-23(3)15-19-6-4-5-11-22-19/h4-11,18H,12-16H2,1-3H3/t18-/m1/s1. The second-order valence-corrected chi connectivity index (χ2v) is 7.21. The summed E-state index contributed by atoms with van der Waals surface area (Å²) in [5, 5.41) is 0. The molecule has 1 aliphatic rings. The Morgan fingerprint density at radius 3 is 2.62 bits per heavy atom. The molecule has 0 N–H and O–H groups in total. The van der Waals surface area contributed by atoms with Crippen LogP contribution in [-0.4, -0.2) is 60.0 Å². The van der Waals surface area contributed by atoms with Gasteiger partial charge in [-0.25, -0.2) is 0 Å². The van der Waals surface area contributed by atoms with E-state index in [1.807, 2.05) is 35.0 Å². The summed E-state index contributed by atoms with van der Waals surface area (Å²) in [7, 11) is 1.97.